The Morgan fingerprint density at radius 1 is 0.875 bits per heavy atom. The molecule has 4 rings (SSSR count). The van der Waals surface area contributed by atoms with E-state index in [1.54, 1.807) is 25.3 Å². The Morgan fingerprint density at radius 2 is 1.54 bits per heavy atom. The SMILES string of the molecule is COCCOc1ccc(CNC(=O)c2c(-c3ccccc3)c(-c3ccc(F)cc3)c(C=CC(=O)C[C@@H](O)CC(=O)OC)n2C(C)C)cc1. The molecule has 252 valence electrons. The Morgan fingerprint density at radius 3 is 2.17 bits per heavy atom. The summed E-state index contributed by atoms with van der Waals surface area (Å²) in [6.07, 6.45) is 1.11. The largest absolute Gasteiger partial charge is 0.491 e. The number of benzene rings is 3. The van der Waals surface area contributed by atoms with Gasteiger partial charge in [-0.1, -0.05) is 54.6 Å². The average molecular weight is 657 g/mol. The summed E-state index contributed by atoms with van der Waals surface area (Å²) in [5, 5.41) is 13.3. The molecule has 9 nitrogen and oxygen atoms in total. The van der Waals surface area contributed by atoms with Crippen LogP contribution in [0, 0.1) is 5.82 Å². The summed E-state index contributed by atoms with van der Waals surface area (Å²) in [4.78, 5) is 38.8. The zero-order valence-electron chi connectivity index (χ0n) is 27.6. The van der Waals surface area contributed by atoms with Gasteiger partial charge in [-0.05, 0) is 67.0 Å². The molecule has 4 aromatic rings. The van der Waals surface area contributed by atoms with Gasteiger partial charge < -0.3 is 29.2 Å². The van der Waals surface area contributed by atoms with Crippen molar-refractivity contribution >= 4 is 23.7 Å². The van der Waals surface area contributed by atoms with E-state index in [9.17, 15) is 23.9 Å². The number of amides is 1. The number of hydrogen-bond donors (Lipinski definition) is 2. The van der Waals surface area contributed by atoms with Gasteiger partial charge in [0, 0.05) is 37.2 Å². The first-order valence-corrected chi connectivity index (χ1v) is 15.7. The molecule has 0 unspecified atom stereocenters. The van der Waals surface area contributed by atoms with Crippen LogP contribution in [0.5, 0.6) is 5.75 Å². The summed E-state index contributed by atoms with van der Waals surface area (Å²) in [6.45, 7) is 5.00. The van der Waals surface area contributed by atoms with E-state index in [0.29, 0.717) is 47.0 Å². The summed E-state index contributed by atoms with van der Waals surface area (Å²) >= 11 is 0. The highest BCUT2D eigenvalue weighted by Crippen LogP contribution is 2.42. The third-order valence-corrected chi connectivity index (χ3v) is 7.60. The van der Waals surface area contributed by atoms with E-state index in [1.807, 2.05) is 73.0 Å². The maximum Gasteiger partial charge on any atom is 0.308 e. The van der Waals surface area contributed by atoms with Crippen LogP contribution in [0.3, 0.4) is 0 Å². The molecular weight excluding hydrogens is 615 g/mol. The maximum atomic E-state index is 14.2. The molecule has 0 aliphatic rings. The van der Waals surface area contributed by atoms with E-state index in [4.69, 9.17) is 9.47 Å². The first-order valence-electron chi connectivity index (χ1n) is 15.7. The zero-order valence-corrected chi connectivity index (χ0v) is 27.6. The number of aromatic nitrogens is 1. The number of aliphatic hydroxyl groups excluding tert-OH is 1. The minimum absolute atomic E-state index is 0.238. The number of halogens is 1. The fourth-order valence-electron chi connectivity index (χ4n) is 5.36. The second kappa shape index (κ2) is 17.2. The quantitative estimate of drug-likeness (QED) is 0.0816. The van der Waals surface area contributed by atoms with Crippen LogP contribution in [0.15, 0.2) is 84.9 Å². The van der Waals surface area contributed by atoms with Crippen molar-refractivity contribution in [2.75, 3.05) is 27.4 Å². The van der Waals surface area contributed by atoms with Crippen LogP contribution in [-0.4, -0.2) is 60.9 Å². The Labute approximate surface area is 280 Å². The van der Waals surface area contributed by atoms with Gasteiger partial charge in [-0.2, -0.15) is 0 Å². The molecule has 0 aliphatic carbocycles. The lowest BCUT2D eigenvalue weighted by molar-refractivity contribution is -0.143. The van der Waals surface area contributed by atoms with Crippen molar-refractivity contribution < 1.29 is 38.1 Å². The molecule has 0 saturated heterocycles. The van der Waals surface area contributed by atoms with Gasteiger partial charge in [-0.3, -0.25) is 14.4 Å². The number of hydrogen-bond acceptors (Lipinski definition) is 7. The number of allylic oxidation sites excluding steroid dienone is 1. The second-order valence-electron chi connectivity index (χ2n) is 11.4. The molecule has 48 heavy (non-hydrogen) atoms. The van der Waals surface area contributed by atoms with Crippen molar-refractivity contribution in [3.8, 4) is 28.0 Å². The molecule has 0 bridgehead atoms. The number of carbonyl (C=O) groups excluding carboxylic acids is 3. The topological polar surface area (TPSA) is 116 Å². The molecule has 0 radical (unpaired) electrons. The molecule has 10 heteroatoms. The number of carbonyl (C=O) groups is 3. The van der Waals surface area contributed by atoms with Gasteiger partial charge >= 0.3 is 5.97 Å². The molecule has 1 amide bonds. The third-order valence-electron chi connectivity index (χ3n) is 7.60. The lowest BCUT2D eigenvalue weighted by Crippen LogP contribution is -2.27. The summed E-state index contributed by atoms with van der Waals surface area (Å²) in [6, 6.07) is 22.6. The number of ether oxygens (including phenoxy) is 3. The van der Waals surface area contributed by atoms with Gasteiger partial charge in [0.25, 0.3) is 5.91 Å². The fourth-order valence-corrected chi connectivity index (χ4v) is 5.36. The van der Waals surface area contributed by atoms with Gasteiger partial charge in [0.05, 0.1) is 31.9 Å². The smallest absolute Gasteiger partial charge is 0.308 e. The number of nitrogens with one attached hydrogen (secondary N) is 1. The molecule has 2 N–H and O–H groups in total. The van der Waals surface area contributed by atoms with Crippen LogP contribution in [0.25, 0.3) is 28.3 Å². The van der Waals surface area contributed by atoms with E-state index < -0.39 is 23.7 Å². The Balaban J connectivity index is 1.79. The van der Waals surface area contributed by atoms with Crippen molar-refractivity contribution in [2.45, 2.75) is 45.4 Å². The van der Waals surface area contributed by atoms with E-state index in [0.717, 1.165) is 11.1 Å². The van der Waals surface area contributed by atoms with Crippen molar-refractivity contribution in [2.24, 2.45) is 0 Å². The highest BCUT2D eigenvalue weighted by atomic mass is 19.1. The predicted octanol–water partition coefficient (Wildman–Crippen LogP) is 6.39. The third kappa shape index (κ3) is 9.27. The lowest BCUT2D eigenvalue weighted by atomic mass is 9.94. The standard InChI is InChI=1S/C38H41FN2O7/c1-25(2)41-33(19-16-30(42)22-31(43)23-34(44)47-4)35(28-12-14-29(39)15-13-28)36(27-8-6-5-7-9-27)37(41)38(45)40-24-26-10-17-32(18-11-26)48-21-20-46-3/h5-19,25,31,43H,20-24H2,1-4H3,(H,40,45)/t31-/m1/s1. The number of ketones is 1. The van der Waals surface area contributed by atoms with E-state index in [1.165, 1.54) is 25.3 Å². The minimum atomic E-state index is -1.21. The number of rotatable bonds is 16. The Bertz CT molecular complexity index is 1710. The second-order valence-corrected chi connectivity index (χ2v) is 11.4. The summed E-state index contributed by atoms with van der Waals surface area (Å²) in [7, 11) is 2.82. The summed E-state index contributed by atoms with van der Waals surface area (Å²) in [5.41, 5.74) is 4.44. The highest BCUT2D eigenvalue weighted by Gasteiger charge is 2.29. The van der Waals surface area contributed by atoms with E-state index >= 15 is 0 Å². The monoisotopic (exact) mass is 656 g/mol. The van der Waals surface area contributed by atoms with E-state index in [2.05, 4.69) is 10.1 Å². The van der Waals surface area contributed by atoms with Crippen LogP contribution in [0.4, 0.5) is 4.39 Å². The van der Waals surface area contributed by atoms with Gasteiger partial charge in [0.1, 0.15) is 23.9 Å². The number of methoxy groups -OCH3 is 2. The minimum Gasteiger partial charge on any atom is -0.491 e. The first kappa shape index (κ1) is 35.8. The molecule has 0 aliphatic heterocycles. The summed E-state index contributed by atoms with van der Waals surface area (Å²) < 4.78 is 31.3. The fraction of sp³-hybridized carbons (Fsp3) is 0.289. The van der Waals surface area contributed by atoms with Crippen LogP contribution < -0.4 is 10.1 Å². The number of esters is 1. The molecule has 0 saturated carbocycles. The zero-order chi connectivity index (χ0) is 34.6. The van der Waals surface area contributed by atoms with Crippen LogP contribution in [0.2, 0.25) is 0 Å². The first-order chi connectivity index (χ1) is 23.1. The Kier molecular flexibility index (Phi) is 12.8. The number of nitrogens with zero attached hydrogens (tertiary/aromatic N) is 1. The lowest BCUT2D eigenvalue weighted by Gasteiger charge is -2.17. The summed E-state index contributed by atoms with van der Waals surface area (Å²) in [5.74, 6) is -1.11. The molecule has 1 atom stereocenters. The molecule has 0 spiro atoms. The number of aliphatic hydroxyl groups is 1. The molecule has 3 aromatic carbocycles. The van der Waals surface area contributed by atoms with Gasteiger partial charge in [-0.25, -0.2) is 4.39 Å². The van der Waals surface area contributed by atoms with Crippen LogP contribution in [0.1, 0.15) is 54.5 Å². The molecule has 1 aromatic heterocycles. The van der Waals surface area contributed by atoms with Crippen molar-refractivity contribution in [3.63, 3.8) is 0 Å². The highest BCUT2D eigenvalue weighted by molar-refractivity contribution is 6.07. The van der Waals surface area contributed by atoms with Gasteiger partial charge in [-0.15, -0.1) is 0 Å². The average Bonchev–Trinajstić information content (AvgIpc) is 3.43. The van der Waals surface area contributed by atoms with Crippen molar-refractivity contribution in [1.82, 2.24) is 9.88 Å². The molecular formula is C38H41FN2O7. The Hall–Kier alpha value is -5.06. The van der Waals surface area contributed by atoms with Gasteiger partial charge in [0.15, 0.2) is 5.78 Å². The normalized spacial score (nSPS) is 11.9. The predicted molar refractivity (Wildman–Crippen MR) is 182 cm³/mol. The maximum absolute atomic E-state index is 14.2. The van der Waals surface area contributed by atoms with Gasteiger partial charge in [0.2, 0.25) is 0 Å². The molecule has 1 heterocycles. The van der Waals surface area contributed by atoms with Crippen LogP contribution >= 0.6 is 0 Å². The molecule has 0 fully saturated rings. The van der Waals surface area contributed by atoms with Crippen molar-refractivity contribution in [1.29, 1.82) is 0 Å². The van der Waals surface area contributed by atoms with Crippen molar-refractivity contribution in [3.05, 3.63) is 108 Å². The van der Waals surface area contributed by atoms with Crippen LogP contribution in [-0.2, 0) is 25.6 Å². The van der Waals surface area contributed by atoms with E-state index in [-0.39, 0.29) is 31.3 Å².